The Labute approximate surface area is 153 Å². The van der Waals surface area contributed by atoms with Crippen molar-refractivity contribution in [2.45, 2.75) is 31.2 Å². The predicted octanol–water partition coefficient (Wildman–Crippen LogP) is 4.79. The largest absolute Gasteiger partial charge is 0.472 e. The van der Waals surface area contributed by atoms with Gasteiger partial charge in [-0.2, -0.15) is 0 Å². The van der Waals surface area contributed by atoms with E-state index in [9.17, 15) is 4.79 Å². The average molecular weight is 346 g/mol. The molecule has 4 heteroatoms. The Hall–Kier alpha value is -2.85. The zero-order valence-electron chi connectivity index (χ0n) is 14.7. The van der Waals surface area contributed by atoms with Gasteiger partial charge in [-0.1, -0.05) is 31.2 Å². The van der Waals surface area contributed by atoms with Gasteiger partial charge in [0.15, 0.2) is 0 Å². The number of nitrogens with two attached hydrogens (primary N) is 1. The molecule has 3 aromatic rings. The van der Waals surface area contributed by atoms with Gasteiger partial charge in [0.1, 0.15) is 0 Å². The van der Waals surface area contributed by atoms with Gasteiger partial charge in [-0.05, 0) is 54.3 Å². The van der Waals surface area contributed by atoms with Crippen molar-refractivity contribution in [3.8, 4) is 11.1 Å². The normalized spacial score (nSPS) is 21.4. The molecule has 0 spiro atoms. The number of amides is 1. The van der Waals surface area contributed by atoms with Crippen LogP contribution in [0, 0.1) is 0 Å². The lowest BCUT2D eigenvalue weighted by molar-refractivity contribution is 0.102. The van der Waals surface area contributed by atoms with Crippen LogP contribution in [0.3, 0.4) is 0 Å². The first kappa shape index (κ1) is 16.6. The van der Waals surface area contributed by atoms with E-state index in [0.29, 0.717) is 11.5 Å². The monoisotopic (exact) mass is 346 g/mol. The van der Waals surface area contributed by atoms with Gasteiger partial charge in [-0.25, -0.2) is 0 Å². The molecule has 2 atom stereocenters. The van der Waals surface area contributed by atoms with E-state index in [0.717, 1.165) is 29.7 Å². The second kappa shape index (κ2) is 6.46. The molecule has 0 radical (unpaired) electrons. The van der Waals surface area contributed by atoms with Crippen LogP contribution in [0.4, 0.5) is 5.69 Å². The van der Waals surface area contributed by atoms with E-state index in [1.807, 2.05) is 42.5 Å². The van der Waals surface area contributed by atoms with Crippen LogP contribution < -0.4 is 11.1 Å². The first-order chi connectivity index (χ1) is 12.6. The predicted molar refractivity (Wildman–Crippen MR) is 103 cm³/mol. The summed E-state index contributed by atoms with van der Waals surface area (Å²) in [7, 11) is 0. The zero-order chi connectivity index (χ0) is 18.1. The van der Waals surface area contributed by atoms with Crippen LogP contribution >= 0.6 is 0 Å². The Morgan fingerprint density at radius 3 is 2.42 bits per heavy atom. The van der Waals surface area contributed by atoms with Crippen molar-refractivity contribution < 1.29 is 9.21 Å². The van der Waals surface area contributed by atoms with Crippen LogP contribution in [0.2, 0.25) is 0 Å². The topological polar surface area (TPSA) is 68.3 Å². The van der Waals surface area contributed by atoms with Gasteiger partial charge in [0, 0.05) is 28.3 Å². The van der Waals surface area contributed by atoms with Crippen molar-refractivity contribution in [3.63, 3.8) is 0 Å². The van der Waals surface area contributed by atoms with Crippen molar-refractivity contribution in [3.05, 3.63) is 78.3 Å². The lowest BCUT2D eigenvalue weighted by Crippen LogP contribution is -2.22. The van der Waals surface area contributed by atoms with E-state index >= 15 is 0 Å². The van der Waals surface area contributed by atoms with Gasteiger partial charge in [-0.3, -0.25) is 4.79 Å². The fraction of sp³-hybridized carbons (Fsp3) is 0.227. The summed E-state index contributed by atoms with van der Waals surface area (Å²) in [6.45, 7) is 2.13. The molecule has 1 fully saturated rings. The summed E-state index contributed by atoms with van der Waals surface area (Å²) in [4.78, 5) is 12.4. The highest BCUT2D eigenvalue weighted by atomic mass is 16.3. The summed E-state index contributed by atoms with van der Waals surface area (Å²) in [5, 5.41) is 2.94. The van der Waals surface area contributed by atoms with Crippen molar-refractivity contribution in [1.29, 1.82) is 0 Å². The number of hydrogen-bond acceptors (Lipinski definition) is 3. The van der Waals surface area contributed by atoms with E-state index in [2.05, 4.69) is 24.4 Å². The highest BCUT2D eigenvalue weighted by Crippen LogP contribution is 2.51. The maximum atomic E-state index is 12.4. The zero-order valence-corrected chi connectivity index (χ0v) is 14.7. The van der Waals surface area contributed by atoms with E-state index in [1.165, 1.54) is 5.56 Å². The number of rotatable bonds is 5. The number of carbonyl (C=O) groups excluding carboxylic acids is 1. The van der Waals surface area contributed by atoms with E-state index in [-0.39, 0.29) is 11.4 Å². The summed E-state index contributed by atoms with van der Waals surface area (Å²) in [5.41, 5.74) is 10.9. The van der Waals surface area contributed by atoms with Crippen LogP contribution in [-0.2, 0) is 0 Å². The van der Waals surface area contributed by atoms with E-state index in [4.69, 9.17) is 10.2 Å². The summed E-state index contributed by atoms with van der Waals surface area (Å²) >= 11 is 0. The molecule has 0 aliphatic heterocycles. The molecule has 1 aliphatic rings. The Kier molecular flexibility index (Phi) is 4.13. The Bertz CT molecular complexity index is 898. The van der Waals surface area contributed by atoms with Crippen LogP contribution in [0.5, 0.6) is 0 Å². The van der Waals surface area contributed by atoms with E-state index < -0.39 is 0 Å². The minimum atomic E-state index is -0.121. The quantitative estimate of drug-likeness (QED) is 0.697. The standard InChI is InChI=1S/C22H22N2O2/c1-2-22(23)13-20(22)16-7-9-19(10-8-16)24-21(25)17-5-3-15(4-6-17)18-11-12-26-14-18/h3-12,14,20H,2,13,23H2,1H3,(H,24,25)/t20-,22-/m0/s1. The molecule has 0 bridgehead atoms. The van der Waals surface area contributed by atoms with Gasteiger partial charge in [0.05, 0.1) is 12.5 Å². The Balaban J connectivity index is 1.42. The fourth-order valence-electron chi connectivity index (χ4n) is 3.41. The summed E-state index contributed by atoms with van der Waals surface area (Å²) in [6, 6.07) is 17.4. The van der Waals surface area contributed by atoms with Crippen LogP contribution in [0.15, 0.2) is 71.5 Å². The first-order valence-corrected chi connectivity index (χ1v) is 8.92. The second-order valence-electron chi connectivity index (χ2n) is 7.01. The SMILES string of the molecule is CC[C@]1(N)C[C@H]1c1ccc(NC(=O)c2ccc(-c3ccoc3)cc2)cc1. The maximum Gasteiger partial charge on any atom is 0.255 e. The number of anilines is 1. The summed E-state index contributed by atoms with van der Waals surface area (Å²) < 4.78 is 5.09. The molecule has 1 aromatic heterocycles. The molecule has 1 aliphatic carbocycles. The third-order valence-corrected chi connectivity index (χ3v) is 5.35. The van der Waals surface area contributed by atoms with E-state index in [1.54, 1.807) is 12.5 Å². The van der Waals surface area contributed by atoms with Crippen LogP contribution in [-0.4, -0.2) is 11.4 Å². The maximum absolute atomic E-state index is 12.4. The minimum Gasteiger partial charge on any atom is -0.472 e. The molecule has 1 amide bonds. The highest BCUT2D eigenvalue weighted by molar-refractivity contribution is 6.04. The average Bonchev–Trinajstić information content (AvgIpc) is 3.08. The van der Waals surface area contributed by atoms with Gasteiger partial charge in [-0.15, -0.1) is 0 Å². The Morgan fingerprint density at radius 2 is 1.85 bits per heavy atom. The molecule has 26 heavy (non-hydrogen) atoms. The minimum absolute atomic E-state index is 0.0402. The molecule has 1 saturated carbocycles. The van der Waals surface area contributed by atoms with Crippen molar-refractivity contribution >= 4 is 11.6 Å². The highest BCUT2D eigenvalue weighted by Gasteiger charge is 2.49. The fourth-order valence-corrected chi connectivity index (χ4v) is 3.41. The van der Waals surface area contributed by atoms with Gasteiger partial charge >= 0.3 is 0 Å². The molecule has 4 rings (SSSR count). The van der Waals surface area contributed by atoms with Gasteiger partial charge < -0.3 is 15.5 Å². The first-order valence-electron chi connectivity index (χ1n) is 8.92. The smallest absolute Gasteiger partial charge is 0.255 e. The van der Waals surface area contributed by atoms with Crippen molar-refractivity contribution in [1.82, 2.24) is 0 Å². The lowest BCUT2D eigenvalue weighted by atomic mass is 10.0. The number of benzene rings is 2. The molecular weight excluding hydrogens is 324 g/mol. The van der Waals surface area contributed by atoms with Crippen molar-refractivity contribution in [2.75, 3.05) is 5.32 Å². The molecule has 132 valence electrons. The molecule has 1 heterocycles. The van der Waals surface area contributed by atoms with Crippen molar-refractivity contribution in [2.24, 2.45) is 5.73 Å². The molecule has 2 aromatic carbocycles. The third-order valence-electron chi connectivity index (χ3n) is 5.35. The lowest BCUT2D eigenvalue weighted by Gasteiger charge is -2.10. The Morgan fingerprint density at radius 1 is 1.12 bits per heavy atom. The summed E-state index contributed by atoms with van der Waals surface area (Å²) in [6.07, 6.45) is 5.35. The molecular formula is C22H22N2O2. The summed E-state index contributed by atoms with van der Waals surface area (Å²) in [5.74, 6) is 0.317. The molecule has 4 nitrogen and oxygen atoms in total. The molecule has 3 N–H and O–H groups in total. The van der Waals surface area contributed by atoms with Crippen LogP contribution in [0.25, 0.3) is 11.1 Å². The number of nitrogens with one attached hydrogen (secondary N) is 1. The third kappa shape index (κ3) is 3.16. The molecule has 0 saturated heterocycles. The number of hydrogen-bond donors (Lipinski definition) is 2. The number of furan rings is 1. The van der Waals surface area contributed by atoms with Gasteiger partial charge in [0.2, 0.25) is 0 Å². The molecule has 0 unspecified atom stereocenters. The number of carbonyl (C=O) groups is 1. The van der Waals surface area contributed by atoms with Crippen LogP contribution in [0.1, 0.15) is 41.6 Å². The van der Waals surface area contributed by atoms with Gasteiger partial charge in [0.25, 0.3) is 5.91 Å². The second-order valence-corrected chi connectivity index (χ2v) is 7.01.